The zero-order chi connectivity index (χ0) is 30.5. The first-order chi connectivity index (χ1) is 19.6. The largest absolute Gasteiger partial charge is 0.430 e. The summed E-state index contributed by atoms with van der Waals surface area (Å²) in [6.45, 7) is 3.23. The molecule has 0 bridgehead atoms. The van der Waals surface area contributed by atoms with Crippen LogP contribution in [0.2, 0.25) is 0 Å². The maximum Gasteiger partial charge on any atom is 0.430 e. The van der Waals surface area contributed by atoms with Crippen LogP contribution in [0.3, 0.4) is 0 Å². The van der Waals surface area contributed by atoms with Crippen molar-refractivity contribution >= 4 is 6.03 Å². The van der Waals surface area contributed by atoms with Crippen molar-refractivity contribution < 1.29 is 40.6 Å². The van der Waals surface area contributed by atoms with Gasteiger partial charge in [-0.15, -0.1) is 0 Å². The van der Waals surface area contributed by atoms with E-state index in [2.05, 4.69) is 0 Å². The Morgan fingerprint density at radius 1 is 0.810 bits per heavy atom. The van der Waals surface area contributed by atoms with E-state index in [1.165, 1.54) is 12.1 Å². The number of rotatable bonds is 4. The number of halogens is 7. The Balaban J connectivity index is 1.45. The van der Waals surface area contributed by atoms with Gasteiger partial charge in [0.05, 0.1) is 0 Å². The molecule has 3 aromatic carbocycles. The molecule has 0 aromatic heterocycles. The SMILES string of the molecule is C[C@]1(c2ccc(F)cc2)CN(C(=O)N2CCC(c3ccccc3)C2)C[C@H]1c1ccc(C(O)(C(F)(F)F)C(F)(F)F)cc1. The Bertz CT molecular complexity index is 1390. The fraction of sp³-hybridized carbons (Fsp3) is 0.387. The third-order valence-electron chi connectivity index (χ3n) is 8.75. The molecule has 2 aliphatic rings. The smallest absolute Gasteiger partial charge is 0.369 e. The highest BCUT2D eigenvalue weighted by Crippen LogP contribution is 2.51. The lowest BCUT2D eigenvalue weighted by molar-refractivity contribution is -0.376. The van der Waals surface area contributed by atoms with Crippen LogP contribution in [-0.2, 0) is 11.0 Å². The summed E-state index contributed by atoms with van der Waals surface area (Å²) in [6, 6.07) is 18.8. The molecule has 2 fully saturated rings. The average Bonchev–Trinajstić information content (AvgIpc) is 3.58. The van der Waals surface area contributed by atoms with Crippen molar-refractivity contribution in [2.75, 3.05) is 26.2 Å². The molecule has 0 aliphatic carbocycles. The van der Waals surface area contributed by atoms with Gasteiger partial charge in [0.25, 0.3) is 5.60 Å². The first kappa shape index (κ1) is 29.9. The molecule has 224 valence electrons. The molecule has 3 aromatic rings. The first-order valence-electron chi connectivity index (χ1n) is 13.5. The van der Waals surface area contributed by atoms with Gasteiger partial charge in [0.15, 0.2) is 0 Å². The molecule has 0 saturated carbocycles. The molecule has 0 radical (unpaired) electrons. The second-order valence-electron chi connectivity index (χ2n) is 11.3. The van der Waals surface area contributed by atoms with Gasteiger partial charge in [-0.25, -0.2) is 9.18 Å². The van der Waals surface area contributed by atoms with Gasteiger partial charge < -0.3 is 14.9 Å². The molecule has 4 nitrogen and oxygen atoms in total. The van der Waals surface area contributed by atoms with Gasteiger partial charge in [0.2, 0.25) is 0 Å². The second kappa shape index (κ2) is 10.6. The van der Waals surface area contributed by atoms with Crippen molar-refractivity contribution in [3.8, 4) is 0 Å². The van der Waals surface area contributed by atoms with Crippen molar-refractivity contribution in [2.24, 2.45) is 0 Å². The Kier molecular flexibility index (Phi) is 7.53. The van der Waals surface area contributed by atoms with Crippen LogP contribution < -0.4 is 0 Å². The van der Waals surface area contributed by atoms with E-state index >= 15 is 0 Å². The number of benzene rings is 3. The predicted octanol–water partition coefficient (Wildman–Crippen LogP) is 7.10. The van der Waals surface area contributed by atoms with E-state index in [0.717, 1.165) is 24.1 Å². The van der Waals surface area contributed by atoms with Crippen LogP contribution in [0.25, 0.3) is 0 Å². The highest BCUT2D eigenvalue weighted by atomic mass is 19.4. The molecular weight excluding hydrogens is 565 g/mol. The lowest BCUT2D eigenvalue weighted by Crippen LogP contribution is -2.53. The number of carbonyl (C=O) groups is 1. The minimum atomic E-state index is -6.00. The number of aliphatic hydroxyl groups is 1. The van der Waals surface area contributed by atoms with Crippen LogP contribution in [0, 0.1) is 5.82 Å². The minimum Gasteiger partial charge on any atom is -0.369 e. The maximum absolute atomic E-state index is 13.8. The fourth-order valence-electron chi connectivity index (χ4n) is 6.31. The number of urea groups is 1. The lowest BCUT2D eigenvalue weighted by Gasteiger charge is -2.34. The number of hydrogen-bond donors (Lipinski definition) is 1. The third kappa shape index (κ3) is 5.12. The molecule has 5 rings (SSSR count). The summed E-state index contributed by atoms with van der Waals surface area (Å²) >= 11 is 0. The Morgan fingerprint density at radius 2 is 1.40 bits per heavy atom. The molecule has 2 amide bonds. The summed E-state index contributed by atoms with van der Waals surface area (Å²) < 4.78 is 94.4. The number of amides is 2. The summed E-state index contributed by atoms with van der Waals surface area (Å²) in [5.74, 6) is -0.847. The molecule has 3 atom stereocenters. The summed E-state index contributed by atoms with van der Waals surface area (Å²) in [7, 11) is 0. The molecule has 1 N–H and O–H groups in total. The molecule has 2 heterocycles. The zero-order valence-corrected chi connectivity index (χ0v) is 22.6. The summed E-state index contributed by atoms with van der Waals surface area (Å²) in [5.41, 5.74) is -5.06. The van der Waals surface area contributed by atoms with Crippen molar-refractivity contribution in [1.29, 1.82) is 0 Å². The maximum atomic E-state index is 13.8. The molecule has 2 aliphatic heterocycles. The highest BCUT2D eigenvalue weighted by molar-refractivity contribution is 5.76. The van der Waals surface area contributed by atoms with Crippen LogP contribution in [0.4, 0.5) is 35.5 Å². The van der Waals surface area contributed by atoms with E-state index in [-0.39, 0.29) is 25.0 Å². The van der Waals surface area contributed by atoms with Gasteiger partial charge in [-0.2, -0.15) is 26.3 Å². The number of likely N-dealkylation sites (tertiary alicyclic amines) is 2. The van der Waals surface area contributed by atoms with E-state index in [4.69, 9.17) is 0 Å². The molecular formula is C31H29F7N2O2. The van der Waals surface area contributed by atoms with Crippen molar-refractivity contribution in [1.82, 2.24) is 9.80 Å². The molecule has 42 heavy (non-hydrogen) atoms. The first-order valence-corrected chi connectivity index (χ1v) is 13.5. The summed E-state index contributed by atoms with van der Waals surface area (Å²) in [6.07, 6.45) is -11.2. The summed E-state index contributed by atoms with van der Waals surface area (Å²) in [4.78, 5) is 17.1. The predicted molar refractivity (Wildman–Crippen MR) is 141 cm³/mol. The monoisotopic (exact) mass is 594 g/mol. The van der Waals surface area contributed by atoms with E-state index in [1.54, 1.807) is 21.9 Å². The number of nitrogens with zero attached hydrogens (tertiary/aromatic N) is 2. The average molecular weight is 595 g/mol. The Hall–Kier alpha value is -3.60. The van der Waals surface area contributed by atoms with Crippen molar-refractivity contribution in [3.63, 3.8) is 0 Å². The standard InChI is InChI=1S/C31H29F7N2O2/c1-28(23-11-13-25(32)14-12-23)19-40(27(41)39-16-15-22(17-39)20-5-3-2-4-6-20)18-26(28)21-7-9-24(10-8-21)29(42,30(33,34)35)31(36,37)38/h2-14,22,26,42H,15-19H2,1H3/t22?,26-,28+/m0/s1. The van der Waals surface area contributed by atoms with Crippen molar-refractivity contribution in [3.05, 3.63) is 107 Å². The quantitative estimate of drug-likeness (QED) is 0.328. The molecule has 2 saturated heterocycles. The molecule has 0 spiro atoms. The third-order valence-corrected chi connectivity index (χ3v) is 8.75. The zero-order valence-electron chi connectivity index (χ0n) is 22.6. The second-order valence-corrected chi connectivity index (χ2v) is 11.3. The van der Waals surface area contributed by atoms with Gasteiger partial charge in [0, 0.05) is 49.0 Å². The normalized spacial score (nSPS) is 23.5. The lowest BCUT2D eigenvalue weighted by atomic mass is 9.71. The number of hydrogen-bond acceptors (Lipinski definition) is 2. The minimum absolute atomic E-state index is 0.140. The fourth-order valence-corrected chi connectivity index (χ4v) is 6.31. The van der Waals surface area contributed by atoms with E-state index < -0.39 is 40.7 Å². The molecule has 1 unspecified atom stereocenters. The van der Waals surface area contributed by atoms with Gasteiger partial charge in [-0.1, -0.05) is 73.7 Å². The van der Waals surface area contributed by atoms with Crippen molar-refractivity contribution in [2.45, 2.75) is 48.5 Å². The number of alkyl halides is 6. The van der Waals surface area contributed by atoms with Crippen LogP contribution >= 0.6 is 0 Å². The Morgan fingerprint density at radius 3 is 1.98 bits per heavy atom. The van der Waals surface area contributed by atoms with Gasteiger partial charge in [-0.05, 0) is 35.2 Å². The van der Waals surface area contributed by atoms with Gasteiger partial charge in [0.1, 0.15) is 5.82 Å². The number of carbonyl (C=O) groups excluding carboxylic acids is 1. The highest BCUT2D eigenvalue weighted by Gasteiger charge is 2.71. The molecule has 11 heteroatoms. The topological polar surface area (TPSA) is 43.8 Å². The van der Waals surface area contributed by atoms with E-state index in [1.807, 2.05) is 37.3 Å². The van der Waals surface area contributed by atoms with Gasteiger partial charge in [-0.3, -0.25) is 0 Å². The van der Waals surface area contributed by atoms with E-state index in [0.29, 0.717) is 36.3 Å². The van der Waals surface area contributed by atoms with Crippen LogP contribution in [0.1, 0.15) is 47.4 Å². The van der Waals surface area contributed by atoms with Crippen LogP contribution in [-0.4, -0.2) is 59.5 Å². The summed E-state index contributed by atoms with van der Waals surface area (Å²) in [5, 5.41) is 9.81. The van der Waals surface area contributed by atoms with Crippen LogP contribution in [0.15, 0.2) is 78.9 Å². The van der Waals surface area contributed by atoms with Crippen LogP contribution in [0.5, 0.6) is 0 Å². The van der Waals surface area contributed by atoms with Gasteiger partial charge >= 0.3 is 18.4 Å². The Labute approximate surface area is 238 Å². The van der Waals surface area contributed by atoms with E-state index in [9.17, 15) is 40.6 Å².